The van der Waals surface area contributed by atoms with Gasteiger partial charge in [-0.1, -0.05) is 149 Å². The summed E-state index contributed by atoms with van der Waals surface area (Å²) in [7, 11) is 0. The molecule has 0 aliphatic heterocycles. The molecule has 1 atom stereocenters. The molecular weight excluding hydrogens is 356 g/mol. The number of aliphatic carboxylic acids is 1. The van der Waals surface area contributed by atoms with E-state index in [1.54, 1.807) is 0 Å². The van der Waals surface area contributed by atoms with Crippen LogP contribution in [0.3, 0.4) is 0 Å². The maximum absolute atomic E-state index is 10.4. The summed E-state index contributed by atoms with van der Waals surface area (Å²) in [4.78, 5) is 10.4. The molecule has 2 nitrogen and oxygen atoms in total. The summed E-state index contributed by atoms with van der Waals surface area (Å²) in [6.45, 7) is 4.75. The third kappa shape index (κ3) is 25.4. The highest BCUT2D eigenvalue weighted by atomic mass is 16.4. The summed E-state index contributed by atoms with van der Waals surface area (Å²) in [6.07, 6.45) is 30.4. The summed E-state index contributed by atoms with van der Waals surface area (Å²) >= 11 is 0. The van der Waals surface area contributed by atoms with E-state index in [1.807, 2.05) is 0 Å². The Labute approximate surface area is 183 Å². The van der Waals surface area contributed by atoms with Gasteiger partial charge in [0.2, 0.25) is 0 Å². The Morgan fingerprint density at radius 2 is 0.862 bits per heavy atom. The normalized spacial score (nSPS) is 12.3. The highest BCUT2D eigenvalue weighted by molar-refractivity contribution is 5.66. The molecule has 0 rings (SSSR count). The lowest BCUT2D eigenvalue weighted by Gasteiger charge is -2.11. The predicted octanol–water partition coefficient (Wildman–Crippen LogP) is 9.70. The van der Waals surface area contributed by atoms with E-state index in [-0.39, 0.29) is 0 Å². The van der Waals surface area contributed by atoms with Crippen molar-refractivity contribution in [2.24, 2.45) is 5.92 Å². The molecule has 0 saturated carbocycles. The summed E-state index contributed by atoms with van der Waals surface area (Å²) in [5.41, 5.74) is 0. The lowest BCUT2D eigenvalue weighted by Crippen LogP contribution is -1.95. The molecule has 2 heteroatoms. The van der Waals surface area contributed by atoms with Crippen LogP contribution < -0.4 is 0 Å². The Morgan fingerprint density at radius 1 is 0.552 bits per heavy atom. The molecule has 0 aromatic carbocycles. The monoisotopic (exact) mass is 410 g/mol. The summed E-state index contributed by atoms with van der Waals surface area (Å²) in [6, 6.07) is 0. The van der Waals surface area contributed by atoms with Crippen LogP contribution in [0, 0.1) is 5.92 Å². The second-order valence-electron chi connectivity index (χ2n) is 9.54. The molecule has 174 valence electrons. The summed E-state index contributed by atoms with van der Waals surface area (Å²) < 4.78 is 0. The quantitative estimate of drug-likeness (QED) is 0.161. The standard InChI is InChI=1S/C27H54O2/c1-3-4-5-6-17-20-23-26(2)24-21-18-15-13-11-9-7-8-10-12-14-16-19-22-25-27(28)29/h26H,3-25H2,1-2H3,(H,28,29). The van der Waals surface area contributed by atoms with Gasteiger partial charge in [-0.05, 0) is 12.3 Å². The fourth-order valence-corrected chi connectivity index (χ4v) is 4.31. The molecule has 0 aromatic heterocycles. The molecule has 0 aliphatic carbocycles. The average Bonchev–Trinajstić information content (AvgIpc) is 2.70. The van der Waals surface area contributed by atoms with Gasteiger partial charge in [0.05, 0.1) is 0 Å². The molecule has 0 amide bonds. The van der Waals surface area contributed by atoms with Gasteiger partial charge in [-0.25, -0.2) is 0 Å². The van der Waals surface area contributed by atoms with Gasteiger partial charge in [-0.15, -0.1) is 0 Å². The van der Waals surface area contributed by atoms with Crippen molar-refractivity contribution in [1.82, 2.24) is 0 Å². The number of carboxylic acids is 1. The fourth-order valence-electron chi connectivity index (χ4n) is 4.31. The minimum atomic E-state index is -0.650. The largest absolute Gasteiger partial charge is 0.481 e. The highest BCUT2D eigenvalue weighted by Gasteiger charge is 2.02. The molecule has 1 unspecified atom stereocenters. The molecule has 0 heterocycles. The Hall–Kier alpha value is -0.530. The van der Waals surface area contributed by atoms with Crippen molar-refractivity contribution in [2.45, 2.75) is 162 Å². The van der Waals surface area contributed by atoms with Gasteiger partial charge in [0.25, 0.3) is 0 Å². The zero-order chi connectivity index (χ0) is 21.4. The second kappa shape index (κ2) is 23.7. The maximum Gasteiger partial charge on any atom is 0.303 e. The van der Waals surface area contributed by atoms with Crippen molar-refractivity contribution in [3.63, 3.8) is 0 Å². The first-order valence-electron chi connectivity index (χ1n) is 13.4. The van der Waals surface area contributed by atoms with E-state index in [2.05, 4.69) is 13.8 Å². The van der Waals surface area contributed by atoms with Gasteiger partial charge in [-0.3, -0.25) is 4.79 Å². The van der Waals surface area contributed by atoms with E-state index in [0.29, 0.717) is 6.42 Å². The Balaban J connectivity index is 3.11. The zero-order valence-electron chi connectivity index (χ0n) is 20.2. The van der Waals surface area contributed by atoms with Gasteiger partial charge in [0.15, 0.2) is 0 Å². The van der Waals surface area contributed by atoms with Gasteiger partial charge >= 0.3 is 5.97 Å². The number of carboxylic acid groups (broad SMARTS) is 1. The van der Waals surface area contributed by atoms with Gasteiger partial charge < -0.3 is 5.11 Å². The first-order chi connectivity index (χ1) is 14.2. The smallest absolute Gasteiger partial charge is 0.303 e. The maximum atomic E-state index is 10.4. The Kier molecular flexibility index (Phi) is 23.3. The van der Waals surface area contributed by atoms with Crippen LogP contribution in [0.25, 0.3) is 0 Å². The van der Waals surface area contributed by atoms with Crippen molar-refractivity contribution in [3.8, 4) is 0 Å². The highest BCUT2D eigenvalue weighted by Crippen LogP contribution is 2.19. The van der Waals surface area contributed by atoms with Crippen LogP contribution in [-0.2, 0) is 4.79 Å². The van der Waals surface area contributed by atoms with E-state index in [9.17, 15) is 4.79 Å². The lowest BCUT2D eigenvalue weighted by atomic mass is 9.96. The number of unbranched alkanes of at least 4 members (excludes halogenated alkanes) is 18. The van der Waals surface area contributed by atoms with E-state index < -0.39 is 5.97 Å². The number of rotatable bonds is 24. The van der Waals surface area contributed by atoms with Crippen molar-refractivity contribution < 1.29 is 9.90 Å². The molecule has 0 bridgehead atoms. The summed E-state index contributed by atoms with van der Waals surface area (Å²) in [5.74, 6) is 0.293. The van der Waals surface area contributed by atoms with E-state index in [4.69, 9.17) is 5.11 Å². The van der Waals surface area contributed by atoms with Crippen LogP contribution in [0.5, 0.6) is 0 Å². The SMILES string of the molecule is CCCCCCCCC(C)CCCCCCCCCCCCCCCCC(=O)O. The molecule has 0 spiro atoms. The molecule has 0 aromatic rings. The zero-order valence-corrected chi connectivity index (χ0v) is 20.2. The minimum Gasteiger partial charge on any atom is -0.481 e. The summed E-state index contributed by atoms with van der Waals surface area (Å²) in [5, 5.41) is 8.60. The average molecular weight is 411 g/mol. The minimum absolute atomic E-state index is 0.345. The molecule has 0 radical (unpaired) electrons. The van der Waals surface area contributed by atoms with Crippen LogP contribution >= 0.6 is 0 Å². The first kappa shape index (κ1) is 28.5. The van der Waals surface area contributed by atoms with Crippen LogP contribution in [0.4, 0.5) is 0 Å². The predicted molar refractivity (Wildman–Crippen MR) is 129 cm³/mol. The van der Waals surface area contributed by atoms with Crippen molar-refractivity contribution >= 4 is 5.97 Å². The topological polar surface area (TPSA) is 37.3 Å². The first-order valence-corrected chi connectivity index (χ1v) is 13.4. The Morgan fingerprint density at radius 3 is 1.21 bits per heavy atom. The fraction of sp³-hybridized carbons (Fsp3) is 0.963. The van der Waals surface area contributed by atoms with Gasteiger partial charge in [-0.2, -0.15) is 0 Å². The number of carbonyl (C=O) groups is 1. The van der Waals surface area contributed by atoms with Gasteiger partial charge in [0, 0.05) is 6.42 Å². The van der Waals surface area contributed by atoms with Gasteiger partial charge in [0.1, 0.15) is 0 Å². The molecule has 1 N–H and O–H groups in total. The van der Waals surface area contributed by atoms with Crippen molar-refractivity contribution in [2.75, 3.05) is 0 Å². The molecular formula is C27H54O2. The number of hydrogen-bond donors (Lipinski definition) is 1. The van der Waals surface area contributed by atoms with Crippen molar-refractivity contribution in [3.05, 3.63) is 0 Å². The van der Waals surface area contributed by atoms with Crippen LogP contribution in [-0.4, -0.2) is 11.1 Å². The third-order valence-corrected chi connectivity index (χ3v) is 6.39. The number of hydrogen-bond acceptors (Lipinski definition) is 1. The van der Waals surface area contributed by atoms with Crippen molar-refractivity contribution in [1.29, 1.82) is 0 Å². The van der Waals surface area contributed by atoms with Crippen LogP contribution in [0.1, 0.15) is 162 Å². The third-order valence-electron chi connectivity index (χ3n) is 6.39. The van der Waals surface area contributed by atoms with E-state index in [0.717, 1.165) is 18.8 Å². The molecule has 0 fully saturated rings. The molecule has 0 saturated heterocycles. The van der Waals surface area contributed by atoms with Crippen LogP contribution in [0.15, 0.2) is 0 Å². The van der Waals surface area contributed by atoms with Crippen LogP contribution in [0.2, 0.25) is 0 Å². The molecule has 0 aliphatic rings. The Bertz CT molecular complexity index is 326. The second-order valence-corrected chi connectivity index (χ2v) is 9.54. The van der Waals surface area contributed by atoms with E-state index >= 15 is 0 Å². The lowest BCUT2D eigenvalue weighted by molar-refractivity contribution is -0.137. The molecule has 29 heavy (non-hydrogen) atoms. The van der Waals surface area contributed by atoms with E-state index in [1.165, 1.54) is 128 Å².